The van der Waals surface area contributed by atoms with Crippen molar-refractivity contribution in [1.82, 2.24) is 10.3 Å². The van der Waals surface area contributed by atoms with Gasteiger partial charge in [0.1, 0.15) is 5.01 Å². The highest BCUT2D eigenvalue weighted by Crippen LogP contribution is 2.24. The molecule has 110 valence electrons. The number of hydrogen-bond donors (Lipinski definition) is 1. The average Bonchev–Trinajstić information content (AvgIpc) is 2.62. The predicted molar refractivity (Wildman–Crippen MR) is 86.2 cm³/mol. The number of hydrogen-bond acceptors (Lipinski definition) is 3. The number of alkyl halides is 1. The standard InChI is InChI=1S/C15H27ClN2S/c1-14(2,3)7-11(16)8-17-9-13-18-12(10-19-13)15(4,5)6/h10-11,17H,7-9H2,1-6H3. The molecule has 1 atom stereocenters. The monoisotopic (exact) mass is 302 g/mol. The van der Waals surface area contributed by atoms with Crippen molar-refractivity contribution in [2.45, 2.75) is 65.3 Å². The van der Waals surface area contributed by atoms with Crippen LogP contribution in [0.4, 0.5) is 0 Å². The van der Waals surface area contributed by atoms with Crippen LogP contribution in [-0.4, -0.2) is 16.9 Å². The van der Waals surface area contributed by atoms with Gasteiger partial charge >= 0.3 is 0 Å². The molecule has 0 aliphatic heterocycles. The van der Waals surface area contributed by atoms with Gasteiger partial charge in [-0.1, -0.05) is 41.5 Å². The van der Waals surface area contributed by atoms with E-state index in [9.17, 15) is 0 Å². The third-order valence-electron chi connectivity index (χ3n) is 2.80. The lowest BCUT2D eigenvalue weighted by Gasteiger charge is -2.21. The van der Waals surface area contributed by atoms with Crippen molar-refractivity contribution in [3.63, 3.8) is 0 Å². The molecule has 0 bridgehead atoms. The number of aromatic nitrogens is 1. The van der Waals surface area contributed by atoms with Crippen LogP contribution in [0, 0.1) is 5.41 Å². The third kappa shape index (κ3) is 6.73. The van der Waals surface area contributed by atoms with Crippen LogP contribution in [0.5, 0.6) is 0 Å². The Bertz CT molecular complexity index is 388. The smallest absolute Gasteiger partial charge is 0.107 e. The van der Waals surface area contributed by atoms with Gasteiger partial charge in [0.25, 0.3) is 0 Å². The highest BCUT2D eigenvalue weighted by Gasteiger charge is 2.18. The molecule has 0 spiro atoms. The van der Waals surface area contributed by atoms with Gasteiger partial charge in [-0.15, -0.1) is 22.9 Å². The van der Waals surface area contributed by atoms with E-state index in [1.807, 2.05) is 0 Å². The van der Waals surface area contributed by atoms with Crippen molar-refractivity contribution in [1.29, 1.82) is 0 Å². The maximum atomic E-state index is 6.33. The number of nitrogens with one attached hydrogen (secondary N) is 1. The molecular formula is C15H27ClN2S. The largest absolute Gasteiger partial charge is 0.309 e. The zero-order valence-corrected chi connectivity index (χ0v) is 14.6. The summed E-state index contributed by atoms with van der Waals surface area (Å²) in [7, 11) is 0. The number of thiazole rings is 1. The summed E-state index contributed by atoms with van der Waals surface area (Å²) in [5, 5.41) is 6.89. The van der Waals surface area contributed by atoms with E-state index >= 15 is 0 Å². The topological polar surface area (TPSA) is 24.9 Å². The number of rotatable bonds is 5. The third-order valence-corrected chi connectivity index (χ3v) is 3.95. The lowest BCUT2D eigenvalue weighted by Crippen LogP contribution is -2.26. The summed E-state index contributed by atoms with van der Waals surface area (Å²) in [6.45, 7) is 14.9. The molecule has 2 nitrogen and oxygen atoms in total. The molecule has 0 fully saturated rings. The molecule has 1 aromatic rings. The summed E-state index contributed by atoms with van der Waals surface area (Å²) in [4.78, 5) is 4.67. The van der Waals surface area contributed by atoms with E-state index in [0.717, 1.165) is 24.5 Å². The fraction of sp³-hybridized carbons (Fsp3) is 0.800. The molecule has 19 heavy (non-hydrogen) atoms. The Hall–Kier alpha value is -0.120. The van der Waals surface area contributed by atoms with E-state index in [-0.39, 0.29) is 16.2 Å². The van der Waals surface area contributed by atoms with Crippen LogP contribution in [0.15, 0.2) is 5.38 Å². The van der Waals surface area contributed by atoms with Crippen LogP contribution < -0.4 is 5.32 Å². The molecule has 0 aliphatic carbocycles. The van der Waals surface area contributed by atoms with Gasteiger partial charge in [0, 0.05) is 29.3 Å². The lowest BCUT2D eigenvalue weighted by molar-refractivity contribution is 0.364. The van der Waals surface area contributed by atoms with E-state index < -0.39 is 0 Å². The van der Waals surface area contributed by atoms with Crippen LogP contribution in [0.2, 0.25) is 0 Å². The molecule has 0 aromatic carbocycles. The SMILES string of the molecule is CC(C)(C)CC(Cl)CNCc1nc(C(C)(C)C)cs1. The zero-order chi connectivity index (χ0) is 14.7. The van der Waals surface area contributed by atoms with E-state index in [4.69, 9.17) is 11.6 Å². The van der Waals surface area contributed by atoms with Crippen molar-refractivity contribution in [3.05, 3.63) is 16.1 Å². The Balaban J connectivity index is 2.36. The fourth-order valence-electron chi connectivity index (χ4n) is 1.81. The van der Waals surface area contributed by atoms with Gasteiger partial charge in [-0.3, -0.25) is 0 Å². The molecule has 0 aliphatic rings. The summed E-state index contributed by atoms with van der Waals surface area (Å²) in [6, 6.07) is 0. The normalized spacial score (nSPS) is 14.7. The molecule has 0 saturated carbocycles. The molecule has 0 radical (unpaired) electrons. The number of halogens is 1. The average molecular weight is 303 g/mol. The second-order valence-corrected chi connectivity index (χ2v) is 8.93. The molecule has 1 unspecified atom stereocenters. The Kier molecular flexibility index (Phi) is 5.84. The summed E-state index contributed by atoms with van der Waals surface area (Å²) in [5.41, 5.74) is 1.59. The van der Waals surface area contributed by atoms with Crippen LogP contribution in [0.25, 0.3) is 0 Å². The first-order chi connectivity index (χ1) is 8.58. The van der Waals surface area contributed by atoms with Crippen molar-refractivity contribution >= 4 is 22.9 Å². The van der Waals surface area contributed by atoms with E-state index in [2.05, 4.69) is 57.2 Å². The molecule has 1 rings (SSSR count). The minimum Gasteiger partial charge on any atom is -0.309 e. The van der Waals surface area contributed by atoms with Crippen LogP contribution in [-0.2, 0) is 12.0 Å². The van der Waals surface area contributed by atoms with Gasteiger partial charge in [-0.05, 0) is 11.8 Å². The molecule has 0 saturated heterocycles. The highest BCUT2D eigenvalue weighted by molar-refractivity contribution is 7.09. The van der Waals surface area contributed by atoms with E-state index in [1.54, 1.807) is 11.3 Å². The Morgan fingerprint density at radius 1 is 1.26 bits per heavy atom. The fourth-order valence-corrected chi connectivity index (χ4v) is 3.37. The van der Waals surface area contributed by atoms with Crippen molar-refractivity contribution in [3.8, 4) is 0 Å². The molecule has 4 heteroatoms. The van der Waals surface area contributed by atoms with Gasteiger partial charge in [0.2, 0.25) is 0 Å². The summed E-state index contributed by atoms with van der Waals surface area (Å²) >= 11 is 8.05. The van der Waals surface area contributed by atoms with E-state index in [1.165, 1.54) is 5.69 Å². The molecule has 1 N–H and O–H groups in total. The zero-order valence-electron chi connectivity index (χ0n) is 13.0. The minimum absolute atomic E-state index is 0.135. The summed E-state index contributed by atoms with van der Waals surface area (Å²) < 4.78 is 0. The second-order valence-electron chi connectivity index (χ2n) is 7.37. The van der Waals surface area contributed by atoms with Crippen LogP contribution in [0.3, 0.4) is 0 Å². The van der Waals surface area contributed by atoms with Gasteiger partial charge in [-0.25, -0.2) is 4.98 Å². The molecule has 0 amide bonds. The van der Waals surface area contributed by atoms with Gasteiger partial charge in [0.05, 0.1) is 5.69 Å². The van der Waals surface area contributed by atoms with Gasteiger partial charge in [0.15, 0.2) is 0 Å². The van der Waals surface area contributed by atoms with Crippen molar-refractivity contribution in [2.75, 3.05) is 6.54 Å². The molecule has 1 heterocycles. The van der Waals surface area contributed by atoms with Crippen LogP contribution >= 0.6 is 22.9 Å². The van der Waals surface area contributed by atoms with Gasteiger partial charge in [-0.2, -0.15) is 0 Å². The second kappa shape index (κ2) is 6.55. The summed E-state index contributed by atoms with van der Waals surface area (Å²) in [6.07, 6.45) is 1.02. The van der Waals surface area contributed by atoms with Crippen molar-refractivity contribution in [2.24, 2.45) is 5.41 Å². The summed E-state index contributed by atoms with van der Waals surface area (Å²) in [5.74, 6) is 0. The Morgan fingerprint density at radius 2 is 1.89 bits per heavy atom. The Labute approximate surface area is 127 Å². The molecule has 1 aromatic heterocycles. The molecular weight excluding hydrogens is 276 g/mol. The van der Waals surface area contributed by atoms with Gasteiger partial charge < -0.3 is 5.32 Å². The number of nitrogens with zero attached hydrogens (tertiary/aromatic N) is 1. The lowest BCUT2D eigenvalue weighted by atomic mass is 9.90. The quantitative estimate of drug-likeness (QED) is 0.806. The predicted octanol–water partition coefficient (Wildman–Crippen LogP) is 4.57. The Morgan fingerprint density at radius 3 is 2.37 bits per heavy atom. The minimum atomic E-state index is 0.135. The highest BCUT2D eigenvalue weighted by atomic mass is 35.5. The first-order valence-electron chi connectivity index (χ1n) is 6.87. The maximum absolute atomic E-state index is 6.33. The maximum Gasteiger partial charge on any atom is 0.107 e. The van der Waals surface area contributed by atoms with Crippen LogP contribution in [0.1, 0.15) is 58.7 Å². The van der Waals surface area contributed by atoms with Crippen molar-refractivity contribution < 1.29 is 0 Å². The van der Waals surface area contributed by atoms with E-state index in [0.29, 0.717) is 0 Å². The first-order valence-corrected chi connectivity index (χ1v) is 8.19. The first kappa shape index (κ1) is 16.9.